The topological polar surface area (TPSA) is 81.7 Å². The van der Waals surface area contributed by atoms with Crippen LogP contribution >= 0.6 is 11.8 Å². The number of para-hydroxylation sites is 1. The molecule has 1 saturated heterocycles. The maximum absolute atomic E-state index is 12.8. The van der Waals surface area contributed by atoms with Crippen LogP contribution in [0.1, 0.15) is 19.3 Å². The van der Waals surface area contributed by atoms with Gasteiger partial charge in [-0.05, 0) is 43.5 Å². The second-order valence-corrected chi connectivity index (χ2v) is 8.10. The third-order valence-electron chi connectivity index (χ3n) is 5.21. The van der Waals surface area contributed by atoms with Gasteiger partial charge in [0.2, 0.25) is 5.95 Å². The summed E-state index contributed by atoms with van der Waals surface area (Å²) in [6.07, 6.45) is 3.57. The lowest BCUT2D eigenvalue weighted by molar-refractivity contribution is 0.564. The normalized spacial score (nSPS) is 14.3. The Morgan fingerprint density at radius 3 is 2.47 bits per heavy atom. The monoisotopic (exact) mass is 419 g/mol. The Morgan fingerprint density at radius 1 is 0.867 bits per heavy atom. The van der Waals surface area contributed by atoms with E-state index in [4.69, 9.17) is 0 Å². The van der Waals surface area contributed by atoms with Crippen molar-refractivity contribution in [2.75, 3.05) is 18.0 Å². The molecule has 1 aliphatic rings. The van der Waals surface area contributed by atoms with Crippen LogP contribution in [0, 0.1) is 0 Å². The van der Waals surface area contributed by atoms with Crippen LogP contribution in [0.25, 0.3) is 16.6 Å². The molecule has 0 bridgehead atoms. The van der Waals surface area contributed by atoms with E-state index in [1.54, 1.807) is 12.1 Å². The van der Waals surface area contributed by atoms with Gasteiger partial charge in [0.05, 0.1) is 17.0 Å². The molecule has 3 heterocycles. The number of anilines is 1. The molecule has 0 N–H and O–H groups in total. The standard InChI is InChI=1S/C21H21N7OS/c29-19-17-11-5-6-12-18(17)22-25-27(19)15-30-21-24-23-20(26-13-7-2-8-14-26)28(21)16-9-3-1-4-10-16/h1,3-6,9-12H,2,7-8,13-15H2. The molecular formula is C21H21N7OS. The van der Waals surface area contributed by atoms with Crippen LogP contribution in [0.2, 0.25) is 0 Å². The van der Waals surface area contributed by atoms with Gasteiger partial charge in [-0.1, -0.05) is 47.3 Å². The van der Waals surface area contributed by atoms with Gasteiger partial charge in [0.1, 0.15) is 5.52 Å². The highest BCUT2D eigenvalue weighted by Gasteiger charge is 2.21. The van der Waals surface area contributed by atoms with Crippen LogP contribution in [0.15, 0.2) is 64.5 Å². The van der Waals surface area contributed by atoms with Gasteiger partial charge >= 0.3 is 0 Å². The van der Waals surface area contributed by atoms with Crippen molar-refractivity contribution in [2.45, 2.75) is 30.3 Å². The zero-order valence-corrected chi connectivity index (χ0v) is 17.2. The summed E-state index contributed by atoms with van der Waals surface area (Å²) >= 11 is 1.43. The molecule has 0 atom stereocenters. The number of hydrogen-bond acceptors (Lipinski definition) is 7. The van der Waals surface area contributed by atoms with Crippen molar-refractivity contribution in [1.82, 2.24) is 29.8 Å². The fourth-order valence-electron chi connectivity index (χ4n) is 3.68. The maximum Gasteiger partial charge on any atom is 0.278 e. The third-order valence-corrected chi connectivity index (χ3v) is 6.11. The minimum Gasteiger partial charge on any atom is -0.341 e. The molecule has 4 aromatic rings. The molecule has 0 amide bonds. The largest absolute Gasteiger partial charge is 0.341 e. The summed E-state index contributed by atoms with van der Waals surface area (Å²) < 4.78 is 3.44. The van der Waals surface area contributed by atoms with Crippen molar-refractivity contribution >= 4 is 28.6 Å². The van der Waals surface area contributed by atoms with E-state index in [2.05, 4.69) is 30.0 Å². The molecule has 8 nitrogen and oxygen atoms in total. The molecule has 152 valence electrons. The average Bonchev–Trinajstić information content (AvgIpc) is 3.24. The number of hydrogen-bond donors (Lipinski definition) is 0. The molecule has 1 aliphatic heterocycles. The van der Waals surface area contributed by atoms with Crippen molar-refractivity contribution in [3.05, 3.63) is 65.0 Å². The van der Waals surface area contributed by atoms with E-state index in [1.165, 1.54) is 22.9 Å². The number of nitrogens with zero attached hydrogens (tertiary/aromatic N) is 7. The molecule has 2 aromatic carbocycles. The summed E-state index contributed by atoms with van der Waals surface area (Å²) in [6, 6.07) is 17.3. The first kappa shape index (κ1) is 18.8. The Hall–Kier alpha value is -3.20. The number of piperidine rings is 1. The van der Waals surface area contributed by atoms with Gasteiger partial charge in [0, 0.05) is 13.1 Å². The number of rotatable bonds is 5. The van der Waals surface area contributed by atoms with E-state index >= 15 is 0 Å². The van der Waals surface area contributed by atoms with Crippen molar-refractivity contribution in [2.24, 2.45) is 0 Å². The smallest absolute Gasteiger partial charge is 0.278 e. The highest BCUT2D eigenvalue weighted by molar-refractivity contribution is 7.98. The Morgan fingerprint density at radius 2 is 1.63 bits per heavy atom. The summed E-state index contributed by atoms with van der Waals surface area (Å²) in [5.74, 6) is 1.15. The Kier molecular flexibility index (Phi) is 5.18. The van der Waals surface area contributed by atoms with Crippen LogP contribution in [-0.2, 0) is 5.88 Å². The number of benzene rings is 2. The summed E-state index contributed by atoms with van der Waals surface area (Å²) in [4.78, 5) is 15.0. The summed E-state index contributed by atoms with van der Waals surface area (Å²) in [5.41, 5.74) is 1.45. The van der Waals surface area contributed by atoms with Gasteiger partial charge in [-0.15, -0.1) is 15.3 Å². The summed E-state index contributed by atoms with van der Waals surface area (Å²) in [7, 11) is 0. The predicted molar refractivity (Wildman–Crippen MR) is 117 cm³/mol. The lowest BCUT2D eigenvalue weighted by Gasteiger charge is -2.27. The van der Waals surface area contributed by atoms with Gasteiger partial charge in [0.25, 0.3) is 5.56 Å². The molecule has 2 aromatic heterocycles. The molecular weight excluding hydrogens is 398 g/mol. The Balaban J connectivity index is 1.48. The SMILES string of the molecule is O=c1c2ccccc2nnn1CSc1nnc(N2CCCCC2)n1-c1ccccc1. The van der Waals surface area contributed by atoms with E-state index in [0.717, 1.165) is 42.7 Å². The lowest BCUT2D eigenvalue weighted by Crippen LogP contribution is -2.31. The van der Waals surface area contributed by atoms with Crippen molar-refractivity contribution in [3.63, 3.8) is 0 Å². The number of fused-ring (bicyclic) bond motifs is 1. The Bertz CT molecular complexity index is 1210. The first-order valence-corrected chi connectivity index (χ1v) is 11.0. The fourth-order valence-corrected chi connectivity index (χ4v) is 4.51. The minimum absolute atomic E-state index is 0.157. The van der Waals surface area contributed by atoms with Gasteiger partial charge in [0.15, 0.2) is 5.16 Å². The molecule has 30 heavy (non-hydrogen) atoms. The fraction of sp³-hybridized carbons (Fsp3) is 0.286. The summed E-state index contributed by atoms with van der Waals surface area (Å²) in [5, 5.41) is 18.5. The quantitative estimate of drug-likeness (QED) is 0.460. The highest BCUT2D eigenvalue weighted by atomic mass is 32.2. The van der Waals surface area contributed by atoms with Crippen molar-refractivity contribution < 1.29 is 0 Å². The molecule has 1 fully saturated rings. The van der Waals surface area contributed by atoms with Crippen molar-refractivity contribution in [3.8, 4) is 5.69 Å². The molecule has 5 rings (SSSR count). The van der Waals surface area contributed by atoms with Crippen LogP contribution in [0.4, 0.5) is 5.95 Å². The van der Waals surface area contributed by atoms with E-state index in [9.17, 15) is 4.79 Å². The van der Waals surface area contributed by atoms with Crippen LogP contribution in [0.5, 0.6) is 0 Å². The second kappa shape index (κ2) is 8.27. The van der Waals surface area contributed by atoms with Crippen LogP contribution < -0.4 is 10.5 Å². The van der Waals surface area contributed by atoms with Crippen LogP contribution in [-0.4, -0.2) is 42.8 Å². The molecule has 0 radical (unpaired) electrons. The predicted octanol–water partition coefficient (Wildman–Crippen LogP) is 3.11. The van der Waals surface area contributed by atoms with E-state index < -0.39 is 0 Å². The molecule has 0 spiro atoms. The van der Waals surface area contributed by atoms with Gasteiger partial charge < -0.3 is 4.90 Å². The zero-order valence-electron chi connectivity index (χ0n) is 16.4. The zero-order chi connectivity index (χ0) is 20.3. The van der Waals surface area contributed by atoms with Crippen LogP contribution in [0.3, 0.4) is 0 Å². The van der Waals surface area contributed by atoms with Gasteiger partial charge in [-0.3, -0.25) is 9.36 Å². The lowest BCUT2D eigenvalue weighted by atomic mass is 10.1. The summed E-state index contributed by atoms with van der Waals surface area (Å²) in [6.45, 7) is 1.95. The average molecular weight is 420 g/mol. The number of aromatic nitrogens is 6. The number of thioether (sulfide) groups is 1. The van der Waals surface area contributed by atoms with E-state index in [0.29, 0.717) is 16.8 Å². The molecule has 0 aliphatic carbocycles. The van der Waals surface area contributed by atoms with Gasteiger partial charge in [-0.25, -0.2) is 0 Å². The minimum atomic E-state index is -0.157. The third kappa shape index (κ3) is 3.56. The van der Waals surface area contributed by atoms with E-state index in [1.807, 2.05) is 42.5 Å². The van der Waals surface area contributed by atoms with Crippen molar-refractivity contribution in [1.29, 1.82) is 0 Å². The first-order chi connectivity index (χ1) is 14.8. The molecule has 0 unspecified atom stereocenters. The first-order valence-electron chi connectivity index (χ1n) is 10.0. The molecule has 0 saturated carbocycles. The molecule has 9 heteroatoms. The highest BCUT2D eigenvalue weighted by Crippen LogP contribution is 2.28. The Labute approximate surface area is 177 Å². The van der Waals surface area contributed by atoms with E-state index in [-0.39, 0.29) is 5.56 Å². The maximum atomic E-state index is 12.8. The van der Waals surface area contributed by atoms with Gasteiger partial charge in [-0.2, -0.15) is 4.68 Å². The second-order valence-electron chi connectivity index (χ2n) is 7.19.